The summed E-state index contributed by atoms with van der Waals surface area (Å²) in [5.74, 6) is -1.75. The lowest BCUT2D eigenvalue weighted by Gasteiger charge is -2.20. The Kier molecular flexibility index (Phi) is 7.02. The quantitative estimate of drug-likeness (QED) is 0.389. The highest BCUT2D eigenvalue weighted by atomic mass is 79.9. The van der Waals surface area contributed by atoms with Crippen LogP contribution in [0.2, 0.25) is 5.02 Å². The fourth-order valence-electron chi connectivity index (χ4n) is 2.75. The van der Waals surface area contributed by atoms with Crippen LogP contribution in [0.25, 0.3) is 0 Å². The second-order valence-electron chi connectivity index (χ2n) is 6.38. The van der Waals surface area contributed by atoms with Gasteiger partial charge in [0.2, 0.25) is 6.10 Å². The summed E-state index contributed by atoms with van der Waals surface area (Å²) < 4.78 is 46.1. The molecule has 0 aromatic heterocycles. The predicted octanol–water partition coefficient (Wildman–Crippen LogP) is 6.66. The molecule has 0 radical (unpaired) electrons. The molecule has 0 bridgehead atoms. The first-order chi connectivity index (χ1) is 14.6. The van der Waals surface area contributed by atoms with Gasteiger partial charge in [-0.15, -0.1) is 0 Å². The maximum Gasteiger partial charge on any atom is 0.418 e. The molecule has 0 aliphatic rings. The van der Waals surface area contributed by atoms with Crippen LogP contribution in [0.5, 0.6) is 0 Å². The molecule has 31 heavy (non-hydrogen) atoms. The second-order valence-corrected chi connectivity index (χ2v) is 7.74. The lowest BCUT2D eigenvalue weighted by molar-refractivity contribution is -0.137. The summed E-state index contributed by atoms with van der Waals surface area (Å²) in [6.07, 6.45) is -6.23. The molecular formula is C22H14BrClF3NO3. The number of carbonyl (C=O) groups is 2. The van der Waals surface area contributed by atoms with Crippen LogP contribution >= 0.6 is 27.5 Å². The van der Waals surface area contributed by atoms with E-state index in [0.717, 1.165) is 6.07 Å². The molecule has 0 saturated carbocycles. The van der Waals surface area contributed by atoms with Crippen LogP contribution in [0.1, 0.15) is 27.6 Å². The largest absolute Gasteiger partial charge is 0.444 e. The number of anilines is 1. The van der Waals surface area contributed by atoms with Gasteiger partial charge in [0.05, 0.1) is 16.8 Å². The minimum absolute atomic E-state index is 0.133. The molecular weight excluding hydrogens is 499 g/mol. The predicted molar refractivity (Wildman–Crippen MR) is 114 cm³/mol. The molecule has 1 amide bonds. The first kappa shape index (κ1) is 22.8. The number of carbonyl (C=O) groups excluding carboxylic acids is 2. The molecule has 160 valence electrons. The number of nitrogens with one attached hydrogen (secondary N) is 1. The molecule has 0 aliphatic heterocycles. The van der Waals surface area contributed by atoms with Crippen molar-refractivity contribution in [3.63, 3.8) is 0 Å². The number of amides is 1. The Morgan fingerprint density at radius 1 is 0.968 bits per heavy atom. The van der Waals surface area contributed by atoms with Crippen molar-refractivity contribution in [2.75, 3.05) is 5.32 Å². The zero-order valence-electron chi connectivity index (χ0n) is 15.6. The van der Waals surface area contributed by atoms with Crippen LogP contribution in [0.4, 0.5) is 18.9 Å². The van der Waals surface area contributed by atoms with Crippen molar-refractivity contribution in [3.8, 4) is 0 Å². The number of hydrogen-bond acceptors (Lipinski definition) is 3. The van der Waals surface area contributed by atoms with E-state index in [4.69, 9.17) is 16.3 Å². The van der Waals surface area contributed by atoms with Crippen molar-refractivity contribution >= 4 is 45.1 Å². The van der Waals surface area contributed by atoms with E-state index in [-0.39, 0.29) is 10.6 Å². The normalized spacial score (nSPS) is 12.2. The Labute approximate surface area is 189 Å². The Morgan fingerprint density at radius 2 is 1.68 bits per heavy atom. The summed E-state index contributed by atoms with van der Waals surface area (Å²) >= 11 is 8.92. The number of rotatable bonds is 5. The van der Waals surface area contributed by atoms with Crippen LogP contribution in [-0.4, -0.2) is 11.9 Å². The van der Waals surface area contributed by atoms with Crippen molar-refractivity contribution < 1.29 is 27.5 Å². The van der Waals surface area contributed by atoms with Gasteiger partial charge in [0, 0.05) is 15.1 Å². The number of hydrogen-bond donors (Lipinski definition) is 1. The molecule has 0 saturated heterocycles. The van der Waals surface area contributed by atoms with Gasteiger partial charge in [-0.3, -0.25) is 4.79 Å². The molecule has 1 N–H and O–H groups in total. The first-order valence-electron chi connectivity index (χ1n) is 8.84. The molecule has 3 aromatic rings. The Bertz CT molecular complexity index is 1110. The fourth-order valence-corrected chi connectivity index (χ4v) is 3.32. The van der Waals surface area contributed by atoms with E-state index in [0.29, 0.717) is 16.1 Å². The van der Waals surface area contributed by atoms with Crippen LogP contribution in [-0.2, 0) is 15.7 Å². The third-order valence-electron chi connectivity index (χ3n) is 4.17. The van der Waals surface area contributed by atoms with Crippen molar-refractivity contribution in [2.45, 2.75) is 12.3 Å². The SMILES string of the molecule is O=C(O[C@H](C(=O)Nc1ccc(Cl)cc1C(F)(F)F)c1ccccc1)c1cccc(Br)c1. The Morgan fingerprint density at radius 3 is 2.32 bits per heavy atom. The summed E-state index contributed by atoms with van der Waals surface area (Å²) in [7, 11) is 0. The van der Waals surface area contributed by atoms with Gasteiger partial charge in [-0.25, -0.2) is 4.79 Å². The van der Waals surface area contributed by atoms with Gasteiger partial charge in [-0.2, -0.15) is 13.2 Å². The van der Waals surface area contributed by atoms with E-state index < -0.39 is 35.4 Å². The van der Waals surface area contributed by atoms with Crippen LogP contribution in [0.3, 0.4) is 0 Å². The van der Waals surface area contributed by atoms with E-state index in [1.165, 1.54) is 30.3 Å². The second kappa shape index (κ2) is 9.53. The maximum atomic E-state index is 13.4. The topological polar surface area (TPSA) is 55.4 Å². The monoisotopic (exact) mass is 511 g/mol. The van der Waals surface area contributed by atoms with Crippen molar-refractivity contribution in [1.82, 2.24) is 0 Å². The fraction of sp³-hybridized carbons (Fsp3) is 0.0909. The zero-order valence-corrected chi connectivity index (χ0v) is 18.0. The summed E-state index contributed by atoms with van der Waals surface area (Å²) in [5.41, 5.74) is -1.14. The first-order valence-corrected chi connectivity index (χ1v) is 10.0. The molecule has 0 heterocycles. The Balaban J connectivity index is 1.92. The third kappa shape index (κ3) is 5.86. The number of ether oxygens (including phenoxy) is 1. The van der Waals surface area contributed by atoms with Gasteiger partial charge in [0.15, 0.2) is 0 Å². The summed E-state index contributed by atoms with van der Waals surface area (Å²) in [6.45, 7) is 0. The van der Waals surface area contributed by atoms with E-state index in [2.05, 4.69) is 21.2 Å². The average Bonchev–Trinajstić information content (AvgIpc) is 2.73. The van der Waals surface area contributed by atoms with Crippen molar-refractivity contribution in [2.24, 2.45) is 0 Å². The zero-order chi connectivity index (χ0) is 22.6. The van der Waals surface area contributed by atoms with Gasteiger partial charge in [0.1, 0.15) is 0 Å². The minimum atomic E-state index is -4.75. The molecule has 0 spiro atoms. The minimum Gasteiger partial charge on any atom is -0.444 e. The lowest BCUT2D eigenvalue weighted by atomic mass is 10.1. The van der Waals surface area contributed by atoms with Crippen LogP contribution in [0.15, 0.2) is 77.3 Å². The standard InChI is InChI=1S/C22H14BrClF3NO3/c23-15-8-4-7-14(11-15)21(30)31-19(13-5-2-1-3-6-13)20(29)28-18-10-9-16(24)12-17(18)22(25,26)27/h1-12,19H,(H,28,29)/t19-/m0/s1. The number of benzene rings is 3. The summed E-state index contributed by atoms with van der Waals surface area (Å²) in [5, 5.41) is 2.07. The van der Waals surface area contributed by atoms with Crippen molar-refractivity contribution in [1.29, 1.82) is 0 Å². The smallest absolute Gasteiger partial charge is 0.418 e. The molecule has 9 heteroatoms. The number of halogens is 5. The number of esters is 1. The van der Waals surface area contributed by atoms with Gasteiger partial charge in [-0.05, 0) is 36.4 Å². The summed E-state index contributed by atoms with van der Waals surface area (Å²) in [4.78, 5) is 25.5. The Hall–Kier alpha value is -2.84. The van der Waals surface area contributed by atoms with Crippen molar-refractivity contribution in [3.05, 3.63) is 99.0 Å². The number of alkyl halides is 3. The lowest BCUT2D eigenvalue weighted by Crippen LogP contribution is -2.27. The highest BCUT2D eigenvalue weighted by molar-refractivity contribution is 9.10. The van der Waals surface area contributed by atoms with Gasteiger partial charge in [0.25, 0.3) is 5.91 Å². The van der Waals surface area contributed by atoms with Crippen LogP contribution in [0, 0.1) is 0 Å². The van der Waals surface area contributed by atoms with E-state index in [9.17, 15) is 22.8 Å². The van der Waals surface area contributed by atoms with Gasteiger partial charge < -0.3 is 10.1 Å². The van der Waals surface area contributed by atoms with E-state index >= 15 is 0 Å². The molecule has 1 atom stereocenters. The van der Waals surface area contributed by atoms with Gasteiger partial charge in [-0.1, -0.05) is 63.9 Å². The van der Waals surface area contributed by atoms with E-state index in [1.807, 2.05) is 0 Å². The molecule has 0 aliphatic carbocycles. The highest BCUT2D eigenvalue weighted by Crippen LogP contribution is 2.37. The summed E-state index contributed by atoms with van der Waals surface area (Å²) in [6, 6.07) is 17.3. The third-order valence-corrected chi connectivity index (χ3v) is 4.90. The molecule has 3 rings (SSSR count). The van der Waals surface area contributed by atoms with Crippen LogP contribution < -0.4 is 5.32 Å². The molecule has 0 unspecified atom stereocenters. The average molecular weight is 513 g/mol. The molecule has 4 nitrogen and oxygen atoms in total. The molecule has 3 aromatic carbocycles. The highest BCUT2D eigenvalue weighted by Gasteiger charge is 2.35. The maximum absolute atomic E-state index is 13.4. The van der Waals surface area contributed by atoms with Gasteiger partial charge >= 0.3 is 12.1 Å². The molecule has 0 fully saturated rings. The van der Waals surface area contributed by atoms with E-state index in [1.54, 1.807) is 30.3 Å².